The smallest absolute Gasteiger partial charge is 0.338 e. The van der Waals surface area contributed by atoms with Crippen molar-refractivity contribution in [2.75, 3.05) is 20.3 Å². The lowest BCUT2D eigenvalue weighted by Gasteiger charge is -2.28. The number of ether oxygens (including phenoxy) is 4. The van der Waals surface area contributed by atoms with Crippen LogP contribution in [0, 0.1) is 0 Å². The third-order valence-electron chi connectivity index (χ3n) is 6.36. The van der Waals surface area contributed by atoms with Gasteiger partial charge >= 0.3 is 12.0 Å². The van der Waals surface area contributed by atoms with Crippen molar-refractivity contribution in [2.45, 2.75) is 26.5 Å². The van der Waals surface area contributed by atoms with Crippen LogP contribution in [0.4, 0.5) is 4.79 Å². The summed E-state index contributed by atoms with van der Waals surface area (Å²) in [5, 5.41) is 10.4. The van der Waals surface area contributed by atoms with Crippen molar-refractivity contribution in [3.05, 3.63) is 97.6 Å². The van der Waals surface area contributed by atoms with E-state index in [4.69, 9.17) is 53.8 Å². The largest absolute Gasteiger partial charge is 0.493 e. The molecule has 0 unspecified atom stereocenters. The van der Waals surface area contributed by atoms with Gasteiger partial charge in [0.25, 0.3) is 5.91 Å². The number of nitrogens with one attached hydrogen (secondary N) is 3. The number of hydrazone groups is 1. The molecule has 3 aromatic rings. The summed E-state index contributed by atoms with van der Waals surface area (Å²) in [4.78, 5) is 37.2. The van der Waals surface area contributed by atoms with Gasteiger partial charge in [-0.1, -0.05) is 53.0 Å². The number of urea groups is 1. The first-order valence-electron chi connectivity index (χ1n) is 13.5. The second-order valence-corrected chi connectivity index (χ2v) is 10.8. The molecule has 0 spiro atoms. The zero-order chi connectivity index (χ0) is 32.5. The Morgan fingerprint density at radius 3 is 2.38 bits per heavy atom. The molecule has 3 amide bonds. The van der Waals surface area contributed by atoms with E-state index in [9.17, 15) is 14.4 Å². The van der Waals surface area contributed by atoms with E-state index >= 15 is 0 Å². The molecule has 0 radical (unpaired) electrons. The van der Waals surface area contributed by atoms with E-state index in [1.54, 1.807) is 56.3 Å². The average molecular weight is 676 g/mol. The van der Waals surface area contributed by atoms with Crippen LogP contribution in [0.5, 0.6) is 17.2 Å². The Morgan fingerprint density at radius 2 is 1.71 bits per heavy atom. The van der Waals surface area contributed by atoms with Crippen LogP contribution in [-0.2, 0) is 20.9 Å². The van der Waals surface area contributed by atoms with Crippen molar-refractivity contribution in [1.82, 2.24) is 16.1 Å². The molecule has 1 aliphatic heterocycles. The summed E-state index contributed by atoms with van der Waals surface area (Å²) in [5.74, 6) is -0.265. The molecule has 4 rings (SSSR count). The van der Waals surface area contributed by atoms with E-state index in [0.717, 1.165) is 5.56 Å². The summed E-state index contributed by atoms with van der Waals surface area (Å²) in [6.07, 6.45) is 1.37. The third kappa shape index (κ3) is 8.81. The molecule has 3 N–H and O–H groups in total. The molecule has 11 nitrogen and oxygen atoms in total. The van der Waals surface area contributed by atoms with E-state index in [1.807, 2.05) is 12.1 Å². The van der Waals surface area contributed by atoms with Gasteiger partial charge in [-0.3, -0.25) is 4.79 Å². The number of nitrogens with zero attached hydrogens (tertiary/aromatic N) is 1. The minimum Gasteiger partial charge on any atom is -0.493 e. The highest BCUT2D eigenvalue weighted by Gasteiger charge is 2.32. The zero-order valence-corrected chi connectivity index (χ0v) is 26.7. The Hall–Kier alpha value is -4.45. The number of hydrogen-bond donors (Lipinski definition) is 3. The monoisotopic (exact) mass is 674 g/mol. The van der Waals surface area contributed by atoms with Gasteiger partial charge < -0.3 is 29.6 Å². The third-order valence-corrected chi connectivity index (χ3v) is 7.18. The highest BCUT2D eigenvalue weighted by molar-refractivity contribution is 6.37. The van der Waals surface area contributed by atoms with Gasteiger partial charge in [-0.25, -0.2) is 15.0 Å². The Kier molecular flexibility index (Phi) is 11.5. The van der Waals surface area contributed by atoms with Gasteiger partial charge in [0.1, 0.15) is 6.61 Å². The van der Waals surface area contributed by atoms with Crippen LogP contribution >= 0.6 is 34.8 Å². The quantitative estimate of drug-likeness (QED) is 0.123. The first-order chi connectivity index (χ1) is 21.6. The van der Waals surface area contributed by atoms with Gasteiger partial charge in [-0.2, -0.15) is 5.10 Å². The maximum absolute atomic E-state index is 12.6. The van der Waals surface area contributed by atoms with Crippen LogP contribution in [0.25, 0.3) is 0 Å². The number of rotatable bonds is 12. The molecule has 0 aliphatic carbocycles. The number of allylic oxidation sites excluding steroid dienone is 1. The van der Waals surface area contributed by atoms with E-state index in [2.05, 4.69) is 21.2 Å². The predicted octanol–water partition coefficient (Wildman–Crippen LogP) is 5.95. The molecule has 3 aromatic carbocycles. The van der Waals surface area contributed by atoms with Crippen LogP contribution in [0.1, 0.15) is 36.6 Å². The number of amides is 3. The van der Waals surface area contributed by atoms with Crippen molar-refractivity contribution in [1.29, 1.82) is 0 Å². The van der Waals surface area contributed by atoms with Gasteiger partial charge in [0.05, 0.1) is 41.6 Å². The standard InChI is InChI=1S/C31H29Cl3N4O7/c1-4-43-30(40)27-17(2)36-31(41)37-28(27)20-7-10-24(25(13-20)42-3)44-16-26(39)38-35-14-19-11-22(33)29(23(34)12-19)45-15-18-5-8-21(32)9-6-18/h5-14,28H,4,15-16H2,1-3H3,(H,38,39)(H2,36,37,41)/b35-14-/t28-/m1/s1. The van der Waals surface area contributed by atoms with Gasteiger partial charge in [0.2, 0.25) is 0 Å². The average Bonchev–Trinajstić information content (AvgIpc) is 3.00. The maximum atomic E-state index is 12.6. The molecule has 1 atom stereocenters. The summed E-state index contributed by atoms with van der Waals surface area (Å²) in [5.41, 5.74) is 4.97. The van der Waals surface area contributed by atoms with E-state index in [0.29, 0.717) is 27.6 Å². The molecular formula is C31H29Cl3N4O7. The first kappa shape index (κ1) is 33.4. The van der Waals surface area contributed by atoms with Crippen LogP contribution in [0.3, 0.4) is 0 Å². The molecule has 0 saturated carbocycles. The molecule has 0 bridgehead atoms. The number of carbonyl (C=O) groups excluding carboxylic acids is 3. The number of hydrogen-bond acceptors (Lipinski definition) is 8. The SMILES string of the molecule is CCOC(=O)C1=C(C)NC(=O)N[C@@H]1c1ccc(OCC(=O)N/N=C\c2cc(Cl)c(OCc3ccc(Cl)cc3)c(Cl)c2)c(OC)c1. The lowest BCUT2D eigenvalue weighted by Crippen LogP contribution is -2.45. The lowest BCUT2D eigenvalue weighted by atomic mass is 9.95. The molecule has 0 fully saturated rings. The zero-order valence-electron chi connectivity index (χ0n) is 24.4. The van der Waals surface area contributed by atoms with Crippen molar-refractivity contribution in [3.8, 4) is 17.2 Å². The normalized spacial score (nSPS) is 14.4. The molecule has 1 heterocycles. The molecular weight excluding hydrogens is 647 g/mol. The van der Waals surface area contributed by atoms with Gasteiger partial charge in [-0.15, -0.1) is 0 Å². The van der Waals surface area contributed by atoms with E-state index < -0.39 is 23.9 Å². The molecule has 236 valence electrons. The topological polar surface area (TPSA) is 137 Å². The summed E-state index contributed by atoms with van der Waals surface area (Å²) >= 11 is 18.6. The maximum Gasteiger partial charge on any atom is 0.338 e. The summed E-state index contributed by atoms with van der Waals surface area (Å²) in [6, 6.07) is 13.9. The molecule has 14 heteroatoms. The molecule has 0 saturated heterocycles. The number of halogens is 3. The Bertz CT molecular complexity index is 1620. The van der Waals surface area contributed by atoms with Gasteiger partial charge in [0.15, 0.2) is 23.9 Å². The summed E-state index contributed by atoms with van der Waals surface area (Å²) in [7, 11) is 1.43. The van der Waals surface area contributed by atoms with Crippen LogP contribution in [0.15, 0.2) is 71.0 Å². The van der Waals surface area contributed by atoms with Crippen molar-refractivity contribution in [2.24, 2.45) is 5.10 Å². The lowest BCUT2D eigenvalue weighted by molar-refractivity contribution is -0.139. The van der Waals surface area contributed by atoms with E-state index in [1.165, 1.54) is 13.3 Å². The first-order valence-corrected chi connectivity index (χ1v) is 14.7. The Morgan fingerprint density at radius 1 is 1.00 bits per heavy atom. The number of methoxy groups -OCH3 is 1. The van der Waals surface area contributed by atoms with Gasteiger partial charge in [-0.05, 0) is 66.9 Å². The number of esters is 1. The summed E-state index contributed by atoms with van der Waals surface area (Å²) < 4.78 is 22.0. The fourth-order valence-electron chi connectivity index (χ4n) is 4.29. The van der Waals surface area contributed by atoms with Crippen molar-refractivity contribution < 1.29 is 33.3 Å². The Balaban J connectivity index is 1.35. The fourth-order valence-corrected chi connectivity index (χ4v) is 5.03. The Labute approximate surface area is 274 Å². The fraction of sp³-hybridized carbons (Fsp3) is 0.226. The van der Waals surface area contributed by atoms with E-state index in [-0.39, 0.29) is 46.9 Å². The number of carbonyl (C=O) groups is 3. The molecule has 1 aliphatic rings. The van der Waals surface area contributed by atoms with Crippen molar-refractivity contribution >= 4 is 58.9 Å². The predicted molar refractivity (Wildman–Crippen MR) is 170 cm³/mol. The summed E-state index contributed by atoms with van der Waals surface area (Å²) in [6.45, 7) is 3.34. The minimum atomic E-state index is -0.787. The second kappa shape index (κ2) is 15.5. The highest BCUT2D eigenvalue weighted by atomic mass is 35.5. The molecule has 45 heavy (non-hydrogen) atoms. The van der Waals surface area contributed by atoms with Gasteiger partial charge in [0, 0.05) is 10.7 Å². The minimum absolute atomic E-state index is 0.174. The highest BCUT2D eigenvalue weighted by Crippen LogP contribution is 2.36. The van der Waals surface area contributed by atoms with Crippen molar-refractivity contribution in [3.63, 3.8) is 0 Å². The van der Waals surface area contributed by atoms with Crippen LogP contribution in [-0.4, -0.2) is 44.4 Å². The van der Waals surface area contributed by atoms with Crippen LogP contribution in [0.2, 0.25) is 15.1 Å². The number of benzene rings is 3. The van der Waals surface area contributed by atoms with Crippen LogP contribution < -0.4 is 30.3 Å². The molecule has 0 aromatic heterocycles. The second-order valence-electron chi connectivity index (χ2n) is 9.51.